The molecule has 1 heterocycles. The maximum Gasteiger partial charge on any atom is 0.326 e. The summed E-state index contributed by atoms with van der Waals surface area (Å²) >= 11 is 0. The molecule has 37 heteroatoms. The quantitative estimate of drug-likeness (QED) is 0.0165. The molecule has 0 aromatic heterocycles. The zero-order chi connectivity index (χ0) is 73.4. The Kier molecular flexibility index (Phi) is 35.8. The van der Waals surface area contributed by atoms with Crippen molar-refractivity contribution in [2.45, 2.75) is 152 Å². The van der Waals surface area contributed by atoms with Gasteiger partial charge in [-0.25, -0.2) is 24.0 Å². The van der Waals surface area contributed by atoms with Gasteiger partial charge < -0.3 is 102 Å². The van der Waals surface area contributed by atoms with Gasteiger partial charge in [0.25, 0.3) is 14.3 Å². The van der Waals surface area contributed by atoms with Gasteiger partial charge in [-0.1, -0.05) is 53.7 Å². The minimum absolute atomic E-state index is 0.000188. The first-order valence-corrected chi connectivity index (χ1v) is 33.3. The van der Waals surface area contributed by atoms with E-state index < -0.39 is 196 Å². The molecule has 0 spiro atoms. The average molecular weight is 1400 g/mol. The van der Waals surface area contributed by atoms with Crippen LogP contribution in [0.1, 0.15) is 123 Å². The van der Waals surface area contributed by atoms with E-state index >= 15 is 4.11 Å². The molecule has 13 N–H and O–H groups in total. The van der Waals surface area contributed by atoms with Crippen LogP contribution in [0.25, 0.3) is 0 Å². The van der Waals surface area contributed by atoms with E-state index in [-0.39, 0.29) is 116 Å². The number of unbranched alkanes of at least 4 members (excludes halogenated alkanes) is 1. The van der Waals surface area contributed by atoms with Crippen molar-refractivity contribution in [3.8, 4) is 0 Å². The van der Waals surface area contributed by atoms with Crippen LogP contribution in [0.4, 0.5) is 8.90 Å². The predicted molar refractivity (Wildman–Crippen MR) is 336 cm³/mol. The largest absolute Gasteiger partial charge is 0.549 e. The summed E-state index contributed by atoms with van der Waals surface area (Å²) in [6.07, 6.45) is -3.05. The highest BCUT2D eigenvalue weighted by atomic mass is 28.4. The lowest BCUT2D eigenvalue weighted by molar-refractivity contribution is -0.308. The van der Waals surface area contributed by atoms with Crippen molar-refractivity contribution >= 4 is 103 Å². The molecule has 1 aliphatic heterocycles. The summed E-state index contributed by atoms with van der Waals surface area (Å²) in [6.45, 7) is 8.26. The van der Waals surface area contributed by atoms with E-state index in [1.165, 1.54) is 39.0 Å². The predicted octanol–water partition coefficient (Wildman–Crippen LogP) is -5.95. The molecule has 8 amide bonds. The van der Waals surface area contributed by atoms with E-state index in [2.05, 4.69) is 31.9 Å². The monoisotopic (exact) mass is 1400 g/mol. The molecular weight excluding hydrogens is 1300 g/mol. The fourth-order valence-corrected chi connectivity index (χ4v) is 15.2. The third-order valence-electron chi connectivity index (χ3n) is 15.7. The van der Waals surface area contributed by atoms with Crippen molar-refractivity contribution in [1.29, 1.82) is 0 Å². The molecule has 0 unspecified atom stereocenters. The Morgan fingerprint density at radius 1 is 0.443 bits per heavy atom. The first-order valence-electron chi connectivity index (χ1n) is 31.4. The molecule has 0 saturated carbocycles. The summed E-state index contributed by atoms with van der Waals surface area (Å²) < 4.78 is 17.2. The Bertz CT molecular complexity index is 2870. The van der Waals surface area contributed by atoms with Crippen LogP contribution < -0.4 is 63.0 Å². The van der Waals surface area contributed by atoms with Crippen molar-refractivity contribution in [3.05, 3.63) is 29.8 Å². The fourth-order valence-electron chi connectivity index (χ4n) is 10.6. The first-order chi connectivity index (χ1) is 45.2. The van der Waals surface area contributed by atoms with Crippen LogP contribution in [0.3, 0.4) is 0 Å². The van der Waals surface area contributed by atoms with Crippen molar-refractivity contribution in [2.75, 3.05) is 98.2 Å². The van der Waals surface area contributed by atoms with Crippen LogP contribution >= 0.6 is 0 Å². The van der Waals surface area contributed by atoms with Gasteiger partial charge in [-0.15, -0.1) is 0 Å². The number of carbonyl (C=O) groups is 15. The summed E-state index contributed by atoms with van der Waals surface area (Å²) in [7, 11) is -3.79. The van der Waals surface area contributed by atoms with Crippen molar-refractivity contribution in [3.63, 3.8) is 0 Å². The van der Waals surface area contributed by atoms with E-state index in [1.807, 2.05) is 10.6 Å². The molecule has 0 aliphatic carbocycles. The van der Waals surface area contributed by atoms with E-state index in [1.54, 1.807) is 46.4 Å². The van der Waals surface area contributed by atoms with E-state index in [0.717, 1.165) is 0 Å². The minimum atomic E-state index is -3.79. The second-order valence-corrected chi connectivity index (χ2v) is 30.2. The number of nitrogens with zero attached hydrogens (tertiary/aromatic N) is 4. The zero-order valence-electron chi connectivity index (χ0n) is 55.3. The van der Waals surface area contributed by atoms with Crippen LogP contribution in [-0.4, -0.2) is 271 Å². The highest BCUT2D eigenvalue weighted by molar-refractivity contribution is 6.90. The van der Waals surface area contributed by atoms with Crippen molar-refractivity contribution in [1.82, 2.24) is 62.1 Å². The van der Waals surface area contributed by atoms with Gasteiger partial charge in [-0.2, -0.15) is 0 Å². The Hall–Kier alpha value is -8.94. The third-order valence-corrected chi connectivity index (χ3v) is 20.9. The second-order valence-electron chi connectivity index (χ2n) is 25.4. The zero-order valence-corrected chi connectivity index (χ0v) is 56.3. The Morgan fingerprint density at radius 3 is 1.23 bits per heavy atom. The molecule has 5 atom stereocenters. The van der Waals surface area contributed by atoms with Crippen LogP contribution in [0.15, 0.2) is 24.3 Å². The molecule has 97 heavy (non-hydrogen) atoms. The normalized spacial score (nSPS) is 15.5. The maximum absolute atomic E-state index is 17.2. The third kappa shape index (κ3) is 32.1. The molecule has 35 nitrogen and oxygen atoms in total. The van der Waals surface area contributed by atoms with Crippen molar-refractivity contribution < 1.29 is 117 Å². The number of aliphatic carboxylic acids is 8. The molecule has 1 aromatic carbocycles. The summed E-state index contributed by atoms with van der Waals surface area (Å²) in [6, 6.07) is -3.64. The smallest absolute Gasteiger partial charge is 0.326 e. The maximum atomic E-state index is 17.2. The fraction of sp³-hybridized carbons (Fsp3) is 0.650. The van der Waals surface area contributed by atoms with Gasteiger partial charge in [0.2, 0.25) is 29.5 Å². The number of benzene rings is 1. The standard InChI is InChI=1S/C60H95FN12O23Si/c1-59(2,3)97(61,60(4,5)6)38-14-12-37(13-15-38)52(86)67-43(32-64-47(77)33-70-24-26-71(34-49(80)81)28-30-73(36-51(84)85)31-29-72(27-25-70)35-50(82)83)53(87)66-40(55(90)91)10-7-8-22-62-44(74)19-20-45(75)63-23-9-11-39(54(88)89)65-46(76)18-16-41(56(92)93)68-58(96)69-42(57(94)95)17-21-48(78)79/h12-15,39-43H,7-11,16-36H2,1-6H3,(H,62,74)(H,63,75)(H,64,77)(H,65,76)(H,66,87)(H,67,86)(H,78,79)(H,80,81)(H,82,83)(H,84,85)(H,88,89)(H,90,91)(H,92,93)(H,94,95)(H2,68,69,96)/p-3/t39-,40+,41+,42+,43+/m1/s1. The summed E-state index contributed by atoms with van der Waals surface area (Å²) in [5, 5.41) is 99.8. The molecule has 0 radical (unpaired) electrons. The number of nitrogens with one attached hydrogen (secondary N) is 8. The summed E-state index contributed by atoms with van der Waals surface area (Å²) in [5.41, 5.74) is -0.00875. The number of carboxylic acids is 8. The lowest BCUT2D eigenvalue weighted by Gasteiger charge is -2.44. The molecule has 1 aromatic rings. The summed E-state index contributed by atoms with van der Waals surface area (Å²) in [4.78, 5) is 191. The molecular formula is C60H92FN12O23Si-3. The number of carboxylic acid groups (broad SMARTS) is 8. The minimum Gasteiger partial charge on any atom is -0.549 e. The topological polar surface area (TPSA) is 536 Å². The van der Waals surface area contributed by atoms with E-state index in [9.17, 15) is 108 Å². The molecule has 1 saturated heterocycles. The van der Waals surface area contributed by atoms with Gasteiger partial charge in [0.15, 0.2) is 0 Å². The molecule has 1 aliphatic rings. The van der Waals surface area contributed by atoms with Gasteiger partial charge in [0, 0.05) is 123 Å². The Labute approximate surface area is 560 Å². The van der Waals surface area contributed by atoms with Gasteiger partial charge in [-0.3, -0.25) is 53.2 Å². The number of hydrogen-bond acceptors (Lipinski definition) is 22. The van der Waals surface area contributed by atoms with E-state index in [0.29, 0.717) is 5.19 Å². The molecule has 544 valence electrons. The van der Waals surface area contributed by atoms with Gasteiger partial charge in [0.05, 0.1) is 24.5 Å². The highest BCUT2D eigenvalue weighted by Gasteiger charge is 2.56. The van der Waals surface area contributed by atoms with Crippen LogP contribution in [0.5, 0.6) is 0 Å². The average Bonchev–Trinajstić information content (AvgIpc) is 0.749. The number of rotatable bonds is 40. The SMILES string of the molecule is CC(C)(C)[Si](F)(c1ccc(C(=O)N[C@@H](CNC(=O)CN2CCN(CC(=O)[O-])CCN(CC(=O)[O-])CCN(CC(=O)[O-])CC2)C(=O)N[C@@H](CCCCNC(=O)CCC(=O)NCCC[C@@H](NC(=O)CC[C@H](NC(=O)N[C@@H](CCC(=O)O)C(=O)O)C(=O)O)C(=O)O)C(=O)O)cc1)C(C)(C)C. The van der Waals surface area contributed by atoms with E-state index in [4.69, 9.17) is 5.11 Å². The molecule has 1 fully saturated rings. The van der Waals surface area contributed by atoms with Crippen LogP contribution in [0.2, 0.25) is 10.1 Å². The van der Waals surface area contributed by atoms with Crippen molar-refractivity contribution in [2.24, 2.45) is 0 Å². The van der Waals surface area contributed by atoms with Crippen LogP contribution in [-0.2, 0) is 62.3 Å². The lowest BCUT2D eigenvalue weighted by Crippen LogP contribution is -2.58. The van der Waals surface area contributed by atoms with Gasteiger partial charge in [0.1, 0.15) is 30.2 Å². The lowest BCUT2D eigenvalue weighted by atomic mass is 10.1. The highest BCUT2D eigenvalue weighted by Crippen LogP contribution is 2.51. The summed E-state index contributed by atoms with van der Waals surface area (Å²) in [5.74, 6) is -16.5. The number of halogens is 1. The number of carbonyl (C=O) groups excluding carboxylic acids is 10. The van der Waals surface area contributed by atoms with Crippen LogP contribution in [0, 0.1) is 0 Å². The number of amides is 8. The Balaban J connectivity index is 2.09. The molecule has 0 bridgehead atoms. The second kappa shape index (κ2) is 41.2. The van der Waals surface area contributed by atoms with Gasteiger partial charge in [-0.05, 0) is 72.3 Å². The Morgan fingerprint density at radius 2 is 0.825 bits per heavy atom. The number of urea groups is 1. The first kappa shape index (κ1) is 84.1. The van der Waals surface area contributed by atoms with Gasteiger partial charge >= 0.3 is 35.9 Å². The molecule has 2 rings (SSSR count). The number of hydrogen-bond donors (Lipinski definition) is 13.